The molecule has 0 aliphatic rings. The number of aliphatic hydroxyl groups is 2. The van der Waals surface area contributed by atoms with Gasteiger partial charge in [-0.05, 0) is 38.0 Å². The van der Waals surface area contributed by atoms with E-state index < -0.39 is 6.10 Å². The van der Waals surface area contributed by atoms with E-state index in [-0.39, 0.29) is 12.1 Å². The molecule has 0 aliphatic carbocycles. The number of aliphatic hydroxyl groups excluding tert-OH is 2. The largest absolute Gasteiger partial charge is 0.497 e. The first-order valence-corrected chi connectivity index (χ1v) is 7.25. The third-order valence-corrected chi connectivity index (χ3v) is 3.96. The molecule has 1 aromatic carbocycles. The molecule has 1 rings (SSSR count). The van der Waals surface area contributed by atoms with Crippen molar-refractivity contribution in [2.45, 2.75) is 38.3 Å². The molecule has 0 saturated carbocycles. The van der Waals surface area contributed by atoms with Crippen molar-refractivity contribution in [1.82, 2.24) is 5.32 Å². The molecule has 5 heteroatoms. The summed E-state index contributed by atoms with van der Waals surface area (Å²) in [5.74, 6) is 1.31. The maximum Gasteiger partial charge on any atom is 0.124 e. The number of ether oxygens (including phenoxy) is 2. The minimum Gasteiger partial charge on any atom is -0.497 e. The highest BCUT2D eigenvalue weighted by atomic mass is 16.5. The highest BCUT2D eigenvalue weighted by molar-refractivity contribution is 5.41. The molecular weight excluding hydrogens is 270 g/mol. The summed E-state index contributed by atoms with van der Waals surface area (Å²) in [6.45, 7) is 4.60. The Bertz CT molecular complexity index is 438. The Labute approximate surface area is 126 Å². The van der Waals surface area contributed by atoms with Gasteiger partial charge in [0.2, 0.25) is 0 Å². The van der Waals surface area contributed by atoms with Gasteiger partial charge in [-0.25, -0.2) is 0 Å². The predicted molar refractivity (Wildman–Crippen MR) is 82.9 cm³/mol. The molecule has 0 spiro atoms. The lowest BCUT2D eigenvalue weighted by Crippen LogP contribution is -2.44. The summed E-state index contributed by atoms with van der Waals surface area (Å²) in [5.41, 5.74) is 0.494. The molecule has 3 N–H and O–H groups in total. The van der Waals surface area contributed by atoms with Crippen LogP contribution in [0.2, 0.25) is 0 Å². The van der Waals surface area contributed by atoms with Crippen molar-refractivity contribution >= 4 is 0 Å². The standard InChI is InChI=1S/C16H27NO4/c1-5-16(2,8-9-18)17-11-14(19)13-10-12(20-3)6-7-15(13)21-4/h6-7,10,14,17-19H,5,8-9,11H2,1-4H3. The molecule has 5 nitrogen and oxygen atoms in total. The van der Waals surface area contributed by atoms with E-state index in [0.717, 1.165) is 6.42 Å². The van der Waals surface area contributed by atoms with Gasteiger partial charge in [0.25, 0.3) is 0 Å². The van der Waals surface area contributed by atoms with E-state index in [0.29, 0.717) is 30.0 Å². The first-order valence-electron chi connectivity index (χ1n) is 7.25. The van der Waals surface area contributed by atoms with Crippen LogP contribution in [0.1, 0.15) is 38.4 Å². The molecule has 0 heterocycles. The number of hydrogen-bond acceptors (Lipinski definition) is 5. The molecule has 0 radical (unpaired) electrons. The van der Waals surface area contributed by atoms with Crippen molar-refractivity contribution in [2.75, 3.05) is 27.4 Å². The van der Waals surface area contributed by atoms with Crippen LogP contribution >= 0.6 is 0 Å². The average Bonchev–Trinajstić information content (AvgIpc) is 2.52. The first kappa shape index (κ1) is 17.8. The lowest BCUT2D eigenvalue weighted by Gasteiger charge is -2.30. The summed E-state index contributed by atoms with van der Waals surface area (Å²) in [5, 5.41) is 22.9. The Morgan fingerprint density at radius 2 is 2.00 bits per heavy atom. The van der Waals surface area contributed by atoms with Gasteiger partial charge in [-0.3, -0.25) is 0 Å². The second-order valence-corrected chi connectivity index (χ2v) is 5.39. The van der Waals surface area contributed by atoms with Gasteiger partial charge in [0, 0.05) is 24.3 Å². The third kappa shape index (κ3) is 4.88. The molecule has 0 fully saturated rings. The fraction of sp³-hybridized carbons (Fsp3) is 0.625. The quantitative estimate of drug-likeness (QED) is 0.649. The monoisotopic (exact) mass is 297 g/mol. The van der Waals surface area contributed by atoms with Crippen molar-refractivity contribution in [1.29, 1.82) is 0 Å². The van der Waals surface area contributed by atoms with E-state index >= 15 is 0 Å². The van der Waals surface area contributed by atoms with E-state index in [1.807, 2.05) is 6.92 Å². The van der Waals surface area contributed by atoms with Gasteiger partial charge in [0.05, 0.1) is 20.3 Å². The average molecular weight is 297 g/mol. The topological polar surface area (TPSA) is 71.0 Å². The first-order chi connectivity index (χ1) is 9.99. The van der Waals surface area contributed by atoms with Gasteiger partial charge in [0.15, 0.2) is 0 Å². The van der Waals surface area contributed by atoms with Crippen LogP contribution in [-0.4, -0.2) is 43.1 Å². The van der Waals surface area contributed by atoms with Crippen LogP contribution in [-0.2, 0) is 0 Å². The maximum absolute atomic E-state index is 10.4. The predicted octanol–water partition coefficient (Wildman–Crippen LogP) is 1.88. The number of benzene rings is 1. The van der Waals surface area contributed by atoms with Gasteiger partial charge in [-0.1, -0.05) is 6.92 Å². The lowest BCUT2D eigenvalue weighted by atomic mass is 9.94. The van der Waals surface area contributed by atoms with E-state index in [4.69, 9.17) is 14.6 Å². The molecule has 0 aromatic heterocycles. The normalized spacial score (nSPS) is 15.3. The molecule has 21 heavy (non-hydrogen) atoms. The van der Waals surface area contributed by atoms with Crippen LogP contribution in [0, 0.1) is 0 Å². The maximum atomic E-state index is 10.4. The molecule has 0 aliphatic heterocycles. The summed E-state index contributed by atoms with van der Waals surface area (Å²) in [7, 11) is 3.17. The van der Waals surface area contributed by atoms with Crippen LogP contribution in [0.5, 0.6) is 11.5 Å². The van der Waals surface area contributed by atoms with E-state index in [1.165, 1.54) is 0 Å². The number of methoxy groups -OCH3 is 2. The Balaban J connectivity index is 2.81. The number of nitrogens with one attached hydrogen (secondary N) is 1. The Morgan fingerprint density at radius 1 is 1.29 bits per heavy atom. The Hall–Kier alpha value is -1.30. The minimum absolute atomic E-state index is 0.121. The Kier molecular flexibility index (Phi) is 6.95. The smallest absolute Gasteiger partial charge is 0.124 e. The second kappa shape index (κ2) is 8.22. The molecule has 120 valence electrons. The van der Waals surface area contributed by atoms with E-state index in [1.54, 1.807) is 32.4 Å². The molecule has 1 aromatic rings. The molecular formula is C16H27NO4. The summed E-state index contributed by atoms with van der Waals surface area (Å²) in [4.78, 5) is 0. The molecule has 0 bridgehead atoms. The minimum atomic E-state index is -0.709. The molecule has 0 amide bonds. The second-order valence-electron chi connectivity index (χ2n) is 5.39. The zero-order valence-corrected chi connectivity index (χ0v) is 13.3. The molecule has 2 atom stereocenters. The van der Waals surface area contributed by atoms with Crippen LogP contribution in [0.15, 0.2) is 18.2 Å². The lowest BCUT2D eigenvalue weighted by molar-refractivity contribution is 0.142. The molecule has 2 unspecified atom stereocenters. The highest BCUT2D eigenvalue weighted by Gasteiger charge is 2.23. The number of hydrogen-bond donors (Lipinski definition) is 3. The fourth-order valence-corrected chi connectivity index (χ4v) is 2.19. The number of β-amino-alcohol motifs (C(OH)–C–C–N with tert-alkyl or cyclic N) is 1. The van der Waals surface area contributed by atoms with Gasteiger partial charge >= 0.3 is 0 Å². The van der Waals surface area contributed by atoms with Crippen molar-refractivity contribution in [2.24, 2.45) is 0 Å². The van der Waals surface area contributed by atoms with E-state index in [9.17, 15) is 5.11 Å². The van der Waals surface area contributed by atoms with E-state index in [2.05, 4.69) is 12.2 Å². The van der Waals surface area contributed by atoms with Crippen LogP contribution < -0.4 is 14.8 Å². The van der Waals surface area contributed by atoms with Crippen molar-refractivity contribution in [3.63, 3.8) is 0 Å². The summed E-state index contributed by atoms with van der Waals surface area (Å²) in [6, 6.07) is 5.36. The van der Waals surface area contributed by atoms with Crippen molar-refractivity contribution in [3.05, 3.63) is 23.8 Å². The SMILES string of the molecule is CCC(C)(CCO)NCC(O)c1cc(OC)ccc1OC. The summed E-state index contributed by atoms with van der Waals surface area (Å²) < 4.78 is 10.5. The zero-order chi connectivity index (χ0) is 15.9. The highest BCUT2D eigenvalue weighted by Crippen LogP contribution is 2.29. The Morgan fingerprint density at radius 3 is 2.52 bits per heavy atom. The van der Waals surface area contributed by atoms with Gasteiger partial charge < -0.3 is 25.0 Å². The summed E-state index contributed by atoms with van der Waals surface area (Å²) >= 11 is 0. The van der Waals surface area contributed by atoms with Crippen molar-refractivity contribution < 1.29 is 19.7 Å². The zero-order valence-electron chi connectivity index (χ0n) is 13.3. The fourth-order valence-electron chi connectivity index (χ4n) is 2.19. The van der Waals surface area contributed by atoms with Crippen LogP contribution in [0.25, 0.3) is 0 Å². The van der Waals surface area contributed by atoms with Crippen LogP contribution in [0.3, 0.4) is 0 Å². The van der Waals surface area contributed by atoms with Gasteiger partial charge in [-0.2, -0.15) is 0 Å². The number of rotatable bonds is 9. The summed E-state index contributed by atoms with van der Waals surface area (Å²) in [6.07, 6.45) is 0.806. The van der Waals surface area contributed by atoms with Crippen LogP contribution in [0.4, 0.5) is 0 Å². The van der Waals surface area contributed by atoms with Gasteiger partial charge in [0.1, 0.15) is 11.5 Å². The molecule has 0 saturated heterocycles. The van der Waals surface area contributed by atoms with Crippen molar-refractivity contribution in [3.8, 4) is 11.5 Å². The van der Waals surface area contributed by atoms with Gasteiger partial charge in [-0.15, -0.1) is 0 Å². The third-order valence-electron chi connectivity index (χ3n) is 3.96.